The molecule has 2 aromatic rings. The Morgan fingerprint density at radius 3 is 2.39 bits per heavy atom. The van der Waals surface area contributed by atoms with E-state index in [0.717, 1.165) is 30.9 Å². The molecule has 0 spiro atoms. The second-order valence-corrected chi connectivity index (χ2v) is 8.35. The van der Waals surface area contributed by atoms with Gasteiger partial charge in [0, 0.05) is 31.7 Å². The van der Waals surface area contributed by atoms with Crippen molar-refractivity contribution < 1.29 is 27.4 Å². The molecule has 3 rings (SSSR count). The lowest BCUT2D eigenvalue weighted by Gasteiger charge is -2.32. The van der Waals surface area contributed by atoms with Crippen LogP contribution in [0.2, 0.25) is 0 Å². The second-order valence-electron chi connectivity index (χ2n) is 7.39. The minimum Gasteiger partial charge on any atom is -0.493 e. The van der Waals surface area contributed by atoms with Gasteiger partial charge in [0.1, 0.15) is 11.1 Å². The van der Waals surface area contributed by atoms with Crippen molar-refractivity contribution in [2.24, 2.45) is 0 Å². The predicted molar refractivity (Wildman–Crippen MR) is 117 cm³/mol. The molecule has 11 heteroatoms. The fraction of sp³-hybridized carbons (Fsp3) is 0.409. The van der Waals surface area contributed by atoms with Crippen LogP contribution in [0.3, 0.4) is 0 Å². The molecule has 0 radical (unpaired) electrons. The Labute approximate surface area is 194 Å². The number of halogens is 3. The summed E-state index contributed by atoms with van der Waals surface area (Å²) in [5.41, 5.74) is -1.33. The first-order chi connectivity index (χ1) is 15.7. The van der Waals surface area contributed by atoms with Crippen LogP contribution < -0.4 is 9.47 Å². The van der Waals surface area contributed by atoms with Gasteiger partial charge in [0.25, 0.3) is 0 Å². The average Bonchev–Trinajstić information content (AvgIpc) is 2.81. The highest BCUT2D eigenvalue weighted by molar-refractivity contribution is 8.00. The van der Waals surface area contributed by atoms with Crippen molar-refractivity contribution in [3.8, 4) is 28.8 Å². The van der Waals surface area contributed by atoms with Crippen LogP contribution in [-0.4, -0.2) is 73.9 Å². The highest BCUT2D eigenvalue weighted by Gasteiger charge is 2.36. The number of likely N-dealkylation sites (N-methyl/N-ethyl adjacent to an activating group) is 1. The molecule has 33 heavy (non-hydrogen) atoms. The minimum atomic E-state index is -4.77. The van der Waals surface area contributed by atoms with Gasteiger partial charge >= 0.3 is 6.18 Å². The number of methoxy groups -OCH3 is 2. The lowest BCUT2D eigenvalue weighted by atomic mass is 10.0. The Kier molecular flexibility index (Phi) is 7.71. The molecule has 0 atom stereocenters. The van der Waals surface area contributed by atoms with Crippen molar-refractivity contribution in [3.63, 3.8) is 0 Å². The zero-order valence-corrected chi connectivity index (χ0v) is 19.2. The molecule has 1 aromatic heterocycles. The third kappa shape index (κ3) is 5.69. The first kappa shape index (κ1) is 24.7. The quantitative estimate of drug-likeness (QED) is 0.586. The van der Waals surface area contributed by atoms with Gasteiger partial charge in [-0.2, -0.15) is 18.4 Å². The molecule has 0 aliphatic carbocycles. The van der Waals surface area contributed by atoms with E-state index < -0.39 is 17.3 Å². The van der Waals surface area contributed by atoms with Crippen molar-refractivity contribution in [1.82, 2.24) is 14.8 Å². The maximum absolute atomic E-state index is 13.8. The van der Waals surface area contributed by atoms with E-state index in [2.05, 4.69) is 9.88 Å². The number of benzene rings is 1. The Morgan fingerprint density at radius 1 is 1.15 bits per heavy atom. The van der Waals surface area contributed by atoms with E-state index >= 15 is 0 Å². The summed E-state index contributed by atoms with van der Waals surface area (Å²) in [6.07, 6.45) is -4.77. The average molecular weight is 481 g/mol. The molecule has 1 aromatic carbocycles. The number of rotatable bonds is 6. The predicted octanol–water partition coefficient (Wildman–Crippen LogP) is 3.52. The third-order valence-corrected chi connectivity index (χ3v) is 6.23. The zero-order chi connectivity index (χ0) is 24.2. The summed E-state index contributed by atoms with van der Waals surface area (Å²) in [4.78, 5) is 20.7. The van der Waals surface area contributed by atoms with E-state index in [0.29, 0.717) is 30.2 Å². The summed E-state index contributed by atoms with van der Waals surface area (Å²) in [6, 6.07) is 7.09. The van der Waals surface area contributed by atoms with Crippen LogP contribution in [0.1, 0.15) is 11.1 Å². The summed E-state index contributed by atoms with van der Waals surface area (Å²) in [7, 11) is 4.82. The topological polar surface area (TPSA) is 78.7 Å². The molecule has 0 saturated carbocycles. The van der Waals surface area contributed by atoms with Gasteiger partial charge in [0.2, 0.25) is 5.91 Å². The molecule has 0 N–H and O–H groups in total. The number of hydrogen-bond donors (Lipinski definition) is 0. The maximum atomic E-state index is 13.8. The molecule has 1 amide bonds. The third-order valence-electron chi connectivity index (χ3n) is 5.27. The molecular weight excluding hydrogens is 457 g/mol. The Hall–Kier alpha value is -2.97. The van der Waals surface area contributed by atoms with Crippen LogP contribution >= 0.6 is 11.8 Å². The normalized spacial score (nSPS) is 14.6. The number of hydrogen-bond acceptors (Lipinski definition) is 7. The fourth-order valence-corrected chi connectivity index (χ4v) is 4.28. The lowest BCUT2D eigenvalue weighted by molar-refractivity contribution is -0.138. The highest BCUT2D eigenvalue weighted by Crippen LogP contribution is 2.39. The van der Waals surface area contributed by atoms with Crippen molar-refractivity contribution >= 4 is 17.7 Å². The molecule has 1 aliphatic rings. The number of thioether (sulfide) groups is 1. The van der Waals surface area contributed by atoms with Gasteiger partial charge in [-0.05, 0) is 31.3 Å². The summed E-state index contributed by atoms with van der Waals surface area (Å²) < 4.78 is 51.8. The lowest BCUT2D eigenvalue weighted by Crippen LogP contribution is -2.47. The zero-order valence-electron chi connectivity index (χ0n) is 18.4. The summed E-state index contributed by atoms with van der Waals surface area (Å²) in [6.45, 7) is 2.55. The van der Waals surface area contributed by atoms with Gasteiger partial charge in [-0.25, -0.2) is 4.98 Å². The molecule has 2 heterocycles. The number of nitriles is 1. The number of carbonyl (C=O) groups is 1. The largest absolute Gasteiger partial charge is 0.493 e. The van der Waals surface area contributed by atoms with Crippen LogP contribution in [-0.2, 0) is 11.0 Å². The number of pyridine rings is 1. The van der Waals surface area contributed by atoms with E-state index in [1.165, 1.54) is 20.3 Å². The molecule has 0 bridgehead atoms. The van der Waals surface area contributed by atoms with E-state index in [9.17, 15) is 23.2 Å². The molecule has 1 aliphatic heterocycles. The number of ether oxygens (including phenoxy) is 2. The van der Waals surface area contributed by atoms with Gasteiger partial charge in [-0.15, -0.1) is 0 Å². The second kappa shape index (κ2) is 10.3. The molecule has 1 saturated heterocycles. The summed E-state index contributed by atoms with van der Waals surface area (Å²) in [5, 5.41) is 9.34. The van der Waals surface area contributed by atoms with E-state index in [1.807, 2.05) is 7.05 Å². The minimum absolute atomic E-state index is 0.0109. The van der Waals surface area contributed by atoms with E-state index in [-0.39, 0.29) is 22.4 Å². The number of alkyl halides is 3. The number of piperazine rings is 1. The number of carbonyl (C=O) groups excluding carboxylic acids is 1. The van der Waals surface area contributed by atoms with Gasteiger partial charge in [0.15, 0.2) is 11.5 Å². The van der Waals surface area contributed by atoms with Crippen molar-refractivity contribution in [3.05, 3.63) is 35.4 Å². The van der Waals surface area contributed by atoms with Crippen LogP contribution in [0.25, 0.3) is 11.3 Å². The molecule has 176 valence electrons. The number of nitrogens with zero attached hydrogens (tertiary/aromatic N) is 4. The van der Waals surface area contributed by atoms with Gasteiger partial charge in [0.05, 0.1) is 36.8 Å². The van der Waals surface area contributed by atoms with E-state index in [1.54, 1.807) is 23.1 Å². The van der Waals surface area contributed by atoms with Gasteiger partial charge < -0.3 is 19.3 Å². The first-order valence-corrected chi connectivity index (χ1v) is 11.0. The first-order valence-electron chi connectivity index (χ1n) is 10.0. The van der Waals surface area contributed by atoms with Crippen LogP contribution in [0.4, 0.5) is 13.2 Å². The van der Waals surface area contributed by atoms with Crippen molar-refractivity contribution in [2.45, 2.75) is 11.2 Å². The van der Waals surface area contributed by atoms with E-state index in [4.69, 9.17) is 9.47 Å². The van der Waals surface area contributed by atoms with Crippen LogP contribution in [0.5, 0.6) is 11.5 Å². The Balaban J connectivity index is 1.97. The number of aromatic nitrogens is 1. The molecule has 0 unspecified atom stereocenters. The van der Waals surface area contributed by atoms with Crippen LogP contribution in [0, 0.1) is 11.3 Å². The SMILES string of the molecule is COc1ccc(-c2cc(C(F)(F)F)c(C#N)c(SCC(=O)N3CCN(C)CC3)n2)cc1OC. The van der Waals surface area contributed by atoms with Gasteiger partial charge in [-0.3, -0.25) is 4.79 Å². The summed E-state index contributed by atoms with van der Waals surface area (Å²) in [5.74, 6) is 0.425. The smallest absolute Gasteiger partial charge is 0.417 e. The van der Waals surface area contributed by atoms with Gasteiger partial charge in [-0.1, -0.05) is 11.8 Å². The van der Waals surface area contributed by atoms with Crippen molar-refractivity contribution in [2.75, 3.05) is 53.2 Å². The highest BCUT2D eigenvalue weighted by atomic mass is 32.2. The maximum Gasteiger partial charge on any atom is 0.417 e. The number of amides is 1. The standard InChI is InChI=1S/C22H23F3N4O3S/c1-28-6-8-29(9-7-28)20(30)13-33-21-15(12-26)16(22(23,24)25)11-17(27-21)14-4-5-18(31-2)19(10-14)32-3/h4-5,10-11H,6-9,13H2,1-3H3. The Bertz CT molecular complexity index is 1060. The molecule has 1 fully saturated rings. The fourth-order valence-electron chi connectivity index (χ4n) is 3.38. The Morgan fingerprint density at radius 2 is 1.82 bits per heavy atom. The monoisotopic (exact) mass is 480 g/mol. The van der Waals surface area contributed by atoms with Crippen LogP contribution in [0.15, 0.2) is 29.3 Å². The summed E-state index contributed by atoms with van der Waals surface area (Å²) >= 11 is 0.837. The molecule has 7 nitrogen and oxygen atoms in total. The molecular formula is C22H23F3N4O3S. The van der Waals surface area contributed by atoms with Crippen molar-refractivity contribution in [1.29, 1.82) is 5.26 Å².